The van der Waals surface area contributed by atoms with Gasteiger partial charge in [-0.3, -0.25) is 9.69 Å². The Bertz CT molecular complexity index is 1320. The van der Waals surface area contributed by atoms with Gasteiger partial charge in [-0.1, -0.05) is 22.9 Å². The van der Waals surface area contributed by atoms with E-state index in [0.29, 0.717) is 33.5 Å². The average molecular weight is 537 g/mol. The van der Waals surface area contributed by atoms with Crippen LogP contribution in [-0.4, -0.2) is 75.9 Å². The number of amides is 1. The Labute approximate surface area is 215 Å². The van der Waals surface area contributed by atoms with Crippen LogP contribution in [0.4, 0.5) is 5.13 Å². The molecule has 3 aromatic rings. The summed E-state index contributed by atoms with van der Waals surface area (Å²) in [6.45, 7) is 1.24. The first-order valence-electron chi connectivity index (χ1n) is 11.3. The van der Waals surface area contributed by atoms with Gasteiger partial charge in [-0.15, -0.1) is 0 Å². The van der Waals surface area contributed by atoms with Gasteiger partial charge in [0.2, 0.25) is 10.0 Å². The van der Waals surface area contributed by atoms with Gasteiger partial charge < -0.3 is 9.64 Å². The quantitative estimate of drug-likeness (QED) is 0.383. The molecule has 1 aliphatic rings. The van der Waals surface area contributed by atoms with Crippen LogP contribution >= 0.6 is 22.9 Å². The molecule has 0 bridgehead atoms. The Morgan fingerprint density at radius 3 is 2.40 bits per heavy atom. The molecular weight excluding hydrogens is 508 g/mol. The van der Waals surface area contributed by atoms with Gasteiger partial charge in [-0.25, -0.2) is 13.4 Å². The van der Waals surface area contributed by atoms with E-state index < -0.39 is 10.0 Å². The Hall–Kier alpha value is -2.24. The van der Waals surface area contributed by atoms with Crippen LogP contribution in [0.3, 0.4) is 0 Å². The molecule has 2 aromatic carbocycles. The van der Waals surface area contributed by atoms with E-state index in [9.17, 15) is 13.2 Å². The fourth-order valence-electron chi connectivity index (χ4n) is 3.78. The lowest BCUT2D eigenvalue weighted by Crippen LogP contribution is -2.33. The smallest absolute Gasteiger partial charge is 0.260 e. The summed E-state index contributed by atoms with van der Waals surface area (Å²) in [4.78, 5) is 22.2. The minimum atomic E-state index is -3.58. The molecule has 0 aliphatic heterocycles. The topological polar surface area (TPSA) is 83.0 Å². The van der Waals surface area contributed by atoms with Gasteiger partial charge in [0.15, 0.2) is 5.13 Å². The Balaban J connectivity index is 1.66. The molecule has 11 heteroatoms. The number of halogens is 1. The van der Waals surface area contributed by atoms with Crippen molar-refractivity contribution in [2.24, 2.45) is 0 Å². The molecule has 35 heavy (non-hydrogen) atoms. The number of methoxy groups -OCH3 is 1. The maximum atomic E-state index is 13.6. The number of thiazole rings is 1. The first-order valence-corrected chi connectivity index (χ1v) is 13.9. The summed E-state index contributed by atoms with van der Waals surface area (Å²) in [6, 6.07) is 9.70. The highest BCUT2D eigenvalue weighted by Gasteiger charge is 2.35. The second-order valence-electron chi connectivity index (χ2n) is 8.81. The average Bonchev–Trinajstić information content (AvgIpc) is 3.59. The number of anilines is 1. The van der Waals surface area contributed by atoms with Gasteiger partial charge in [0.1, 0.15) is 11.3 Å². The van der Waals surface area contributed by atoms with Crippen molar-refractivity contribution in [3.05, 3.63) is 47.0 Å². The van der Waals surface area contributed by atoms with E-state index in [2.05, 4.69) is 4.90 Å². The zero-order valence-corrected chi connectivity index (χ0v) is 22.6. The van der Waals surface area contributed by atoms with Crippen molar-refractivity contribution in [1.82, 2.24) is 14.2 Å². The van der Waals surface area contributed by atoms with Crippen molar-refractivity contribution in [3.63, 3.8) is 0 Å². The minimum absolute atomic E-state index is 0.0661. The number of aromatic nitrogens is 1. The summed E-state index contributed by atoms with van der Waals surface area (Å²) < 4.78 is 33.3. The molecule has 1 heterocycles. The lowest BCUT2D eigenvalue weighted by atomic mass is 10.2. The number of ether oxygens (including phenoxy) is 1. The predicted molar refractivity (Wildman–Crippen MR) is 140 cm³/mol. The lowest BCUT2D eigenvalue weighted by molar-refractivity contribution is 0.0986. The third-order valence-corrected chi connectivity index (χ3v) is 9.43. The zero-order chi connectivity index (χ0) is 25.3. The van der Waals surface area contributed by atoms with Gasteiger partial charge in [-0.2, -0.15) is 4.31 Å². The highest BCUT2D eigenvalue weighted by atomic mass is 35.5. The van der Waals surface area contributed by atoms with E-state index >= 15 is 0 Å². The van der Waals surface area contributed by atoms with Gasteiger partial charge in [0.05, 0.1) is 21.7 Å². The molecule has 0 N–H and O–H groups in total. The number of carbonyl (C=O) groups excluding carboxylic acids is 1. The van der Waals surface area contributed by atoms with Gasteiger partial charge in [0, 0.05) is 25.2 Å². The number of rotatable bonds is 10. The molecule has 8 nitrogen and oxygen atoms in total. The van der Waals surface area contributed by atoms with Crippen LogP contribution in [-0.2, 0) is 10.0 Å². The molecule has 1 aliphatic carbocycles. The van der Waals surface area contributed by atoms with Crippen molar-refractivity contribution in [1.29, 1.82) is 0 Å². The summed E-state index contributed by atoms with van der Waals surface area (Å²) >= 11 is 7.73. The van der Waals surface area contributed by atoms with Crippen LogP contribution in [0.25, 0.3) is 10.2 Å². The molecule has 0 spiro atoms. The van der Waals surface area contributed by atoms with E-state index in [1.165, 1.54) is 27.8 Å². The highest BCUT2D eigenvalue weighted by Crippen LogP contribution is 2.39. The first-order chi connectivity index (χ1) is 16.6. The molecule has 1 saturated carbocycles. The monoisotopic (exact) mass is 536 g/mol. The van der Waals surface area contributed by atoms with Crippen LogP contribution < -0.4 is 9.64 Å². The summed E-state index contributed by atoms with van der Waals surface area (Å²) in [5, 5.41) is 1.06. The molecule has 0 radical (unpaired) electrons. The highest BCUT2D eigenvalue weighted by molar-refractivity contribution is 7.89. The summed E-state index contributed by atoms with van der Waals surface area (Å²) in [7, 11) is 3.55. The van der Waals surface area contributed by atoms with E-state index in [0.717, 1.165) is 30.5 Å². The first kappa shape index (κ1) is 25.8. The van der Waals surface area contributed by atoms with E-state index in [4.69, 9.17) is 21.3 Å². The standard InChI is InChI=1S/C24H29ClN4O4S2/c1-27(2)14-5-15-29(24-26-21-20(33-4)13-12-19(25)22(21)34-24)23(30)16-6-10-18(11-7-16)35(31,32)28(3)17-8-9-17/h6-7,10-13,17H,5,8-9,14-15H2,1-4H3. The molecule has 0 saturated heterocycles. The lowest BCUT2D eigenvalue weighted by Gasteiger charge is -2.21. The Kier molecular flexibility index (Phi) is 7.68. The molecule has 4 rings (SSSR count). The summed E-state index contributed by atoms with van der Waals surface area (Å²) in [5.41, 5.74) is 0.996. The maximum absolute atomic E-state index is 13.6. The Morgan fingerprint density at radius 2 is 1.80 bits per heavy atom. The van der Waals surface area contributed by atoms with E-state index in [-0.39, 0.29) is 16.8 Å². The number of sulfonamides is 1. The molecule has 188 valence electrons. The molecule has 1 fully saturated rings. The largest absolute Gasteiger partial charge is 0.494 e. The van der Waals surface area contributed by atoms with Crippen molar-refractivity contribution in [3.8, 4) is 5.75 Å². The molecule has 1 amide bonds. The van der Waals surface area contributed by atoms with Gasteiger partial charge >= 0.3 is 0 Å². The van der Waals surface area contributed by atoms with Gasteiger partial charge in [0.25, 0.3) is 5.91 Å². The number of nitrogens with zero attached hydrogens (tertiary/aromatic N) is 4. The second kappa shape index (κ2) is 10.4. The van der Waals surface area contributed by atoms with Crippen molar-refractivity contribution in [2.45, 2.75) is 30.2 Å². The fourth-order valence-corrected chi connectivity index (χ4v) is 6.47. The predicted octanol–water partition coefficient (Wildman–Crippen LogP) is 4.34. The van der Waals surface area contributed by atoms with Crippen molar-refractivity contribution >= 4 is 54.2 Å². The maximum Gasteiger partial charge on any atom is 0.260 e. The minimum Gasteiger partial charge on any atom is -0.494 e. The Morgan fingerprint density at radius 1 is 1.11 bits per heavy atom. The number of carbonyl (C=O) groups is 1. The van der Waals surface area contributed by atoms with Crippen molar-refractivity contribution in [2.75, 3.05) is 46.2 Å². The molecule has 0 atom stereocenters. The number of benzene rings is 2. The van der Waals surface area contributed by atoms with Gasteiger partial charge in [-0.05, 0) is 76.3 Å². The molecule has 0 unspecified atom stereocenters. The number of fused-ring (bicyclic) bond motifs is 1. The third kappa shape index (κ3) is 5.46. The summed E-state index contributed by atoms with van der Waals surface area (Å²) in [6.07, 6.45) is 2.49. The third-order valence-electron chi connectivity index (χ3n) is 5.97. The SMILES string of the molecule is COc1ccc(Cl)c2sc(N(CCCN(C)C)C(=O)c3ccc(S(=O)(=O)N(C)C4CC4)cc3)nc12. The van der Waals surface area contributed by atoms with Crippen LogP contribution in [0.1, 0.15) is 29.6 Å². The molecular formula is C24H29ClN4O4S2. The van der Waals surface area contributed by atoms with E-state index in [1.807, 2.05) is 14.1 Å². The van der Waals surface area contributed by atoms with Crippen LogP contribution in [0, 0.1) is 0 Å². The van der Waals surface area contributed by atoms with Crippen LogP contribution in [0.2, 0.25) is 5.02 Å². The van der Waals surface area contributed by atoms with Crippen LogP contribution in [0.15, 0.2) is 41.3 Å². The zero-order valence-electron chi connectivity index (χ0n) is 20.2. The number of hydrogen-bond acceptors (Lipinski definition) is 7. The normalized spacial score (nSPS) is 14.1. The van der Waals surface area contributed by atoms with Crippen molar-refractivity contribution < 1.29 is 17.9 Å². The second-order valence-corrected chi connectivity index (χ2v) is 12.2. The summed E-state index contributed by atoms with van der Waals surface area (Å²) in [5.74, 6) is 0.333. The fraction of sp³-hybridized carbons (Fsp3) is 0.417. The molecule has 1 aromatic heterocycles. The van der Waals surface area contributed by atoms with Crippen LogP contribution in [0.5, 0.6) is 5.75 Å². The van der Waals surface area contributed by atoms with E-state index in [1.54, 1.807) is 43.3 Å². The number of hydrogen-bond donors (Lipinski definition) is 0.